The number of thiazole rings is 1. The number of nitrogens with zero attached hydrogens (tertiary/aromatic N) is 5. The van der Waals surface area contributed by atoms with E-state index in [0.717, 1.165) is 53.1 Å². The molecule has 0 unspecified atom stereocenters. The van der Waals surface area contributed by atoms with E-state index in [1.54, 1.807) is 11.7 Å². The predicted molar refractivity (Wildman–Crippen MR) is 112 cm³/mol. The number of carbonyl (C=O) groups excluding carboxylic acids is 1. The van der Waals surface area contributed by atoms with E-state index in [1.807, 2.05) is 12.1 Å². The summed E-state index contributed by atoms with van der Waals surface area (Å²) in [4.78, 5) is 18.3. The first kappa shape index (κ1) is 19.6. The molecule has 2 heterocycles. The number of aryl methyl sites for hydroxylation is 3. The summed E-state index contributed by atoms with van der Waals surface area (Å²) in [5, 5.41) is 11.9. The Bertz CT molecular complexity index is 1290. The summed E-state index contributed by atoms with van der Waals surface area (Å²) in [5.41, 5.74) is 3.65. The van der Waals surface area contributed by atoms with Gasteiger partial charge in [-0.05, 0) is 59.0 Å². The van der Waals surface area contributed by atoms with E-state index in [0.29, 0.717) is 5.82 Å². The predicted octanol–water partition coefficient (Wildman–Crippen LogP) is 4.19. The van der Waals surface area contributed by atoms with E-state index < -0.39 is 17.4 Å². The first-order chi connectivity index (χ1) is 15.0. The second kappa shape index (κ2) is 7.73. The van der Waals surface area contributed by atoms with Gasteiger partial charge in [-0.15, -0.1) is 16.4 Å². The van der Waals surface area contributed by atoms with Gasteiger partial charge in [0.05, 0.1) is 10.6 Å². The van der Waals surface area contributed by atoms with Gasteiger partial charge in [0.2, 0.25) is 0 Å². The fourth-order valence-corrected chi connectivity index (χ4v) is 4.95. The van der Waals surface area contributed by atoms with Crippen LogP contribution >= 0.6 is 11.3 Å². The van der Waals surface area contributed by atoms with Crippen molar-refractivity contribution in [2.24, 2.45) is 7.05 Å². The van der Waals surface area contributed by atoms with Crippen LogP contribution in [-0.4, -0.2) is 31.0 Å². The maximum Gasteiger partial charge on any atom is 0.195 e. The minimum atomic E-state index is -0.723. The smallest absolute Gasteiger partial charge is 0.195 e. The van der Waals surface area contributed by atoms with Crippen LogP contribution in [0.1, 0.15) is 33.0 Å². The lowest BCUT2D eigenvalue weighted by atomic mass is 10.0. The van der Waals surface area contributed by atoms with Gasteiger partial charge in [-0.3, -0.25) is 4.79 Å². The highest BCUT2D eigenvalue weighted by atomic mass is 32.1. The van der Waals surface area contributed by atoms with Crippen LogP contribution in [0, 0.1) is 11.6 Å². The fraction of sp³-hybridized carbons (Fsp3) is 0.227. The van der Waals surface area contributed by atoms with Gasteiger partial charge < -0.3 is 0 Å². The van der Waals surface area contributed by atoms with Crippen molar-refractivity contribution in [3.8, 4) is 21.8 Å². The number of hydrogen-bond acceptors (Lipinski definition) is 6. The largest absolute Gasteiger partial charge is 0.291 e. The van der Waals surface area contributed by atoms with Crippen molar-refractivity contribution >= 4 is 17.1 Å². The summed E-state index contributed by atoms with van der Waals surface area (Å²) in [5.74, 6) is -1.20. The molecule has 0 radical (unpaired) electrons. The zero-order chi connectivity index (χ0) is 21.5. The Labute approximate surface area is 180 Å². The molecule has 0 saturated carbocycles. The van der Waals surface area contributed by atoms with Crippen LogP contribution in [0.25, 0.3) is 21.8 Å². The van der Waals surface area contributed by atoms with Gasteiger partial charge in [-0.25, -0.2) is 18.4 Å². The third-order valence-corrected chi connectivity index (χ3v) is 6.60. The number of benzene rings is 2. The molecule has 1 aliphatic carbocycles. The molecule has 6 nitrogen and oxygen atoms in total. The molecule has 0 amide bonds. The Balaban J connectivity index is 1.53. The molecular formula is C22H17F2N5OS. The van der Waals surface area contributed by atoms with Gasteiger partial charge in [-0.2, -0.15) is 0 Å². The molecule has 5 rings (SSSR count). The van der Waals surface area contributed by atoms with Crippen molar-refractivity contribution < 1.29 is 13.6 Å². The Morgan fingerprint density at radius 2 is 1.97 bits per heavy atom. The van der Waals surface area contributed by atoms with Crippen molar-refractivity contribution in [3.63, 3.8) is 0 Å². The normalized spacial score (nSPS) is 12.9. The van der Waals surface area contributed by atoms with E-state index in [1.165, 1.54) is 23.0 Å². The lowest BCUT2D eigenvalue weighted by molar-refractivity contribution is 0.0990. The number of Topliss-reactive ketones (excluding diaryl/α,β-unsaturated/α-hetero) is 1. The summed E-state index contributed by atoms with van der Waals surface area (Å²) in [6, 6.07) is 9.66. The van der Waals surface area contributed by atoms with Gasteiger partial charge in [-0.1, -0.05) is 18.2 Å². The van der Waals surface area contributed by atoms with Crippen molar-refractivity contribution in [2.45, 2.75) is 25.7 Å². The molecule has 9 heteroatoms. The molecule has 0 aliphatic heterocycles. The van der Waals surface area contributed by atoms with Crippen molar-refractivity contribution in [3.05, 3.63) is 69.9 Å². The highest BCUT2D eigenvalue weighted by Crippen LogP contribution is 2.39. The number of aromatic nitrogens is 5. The van der Waals surface area contributed by atoms with Crippen LogP contribution in [-0.2, 0) is 26.3 Å². The van der Waals surface area contributed by atoms with Gasteiger partial charge >= 0.3 is 0 Å². The van der Waals surface area contributed by atoms with Gasteiger partial charge in [0.1, 0.15) is 11.6 Å². The zero-order valence-corrected chi connectivity index (χ0v) is 17.4. The topological polar surface area (TPSA) is 73.6 Å². The highest BCUT2D eigenvalue weighted by Gasteiger charge is 2.24. The molecular weight excluding hydrogens is 420 g/mol. The standard InChI is InChI=1S/C22H17F2N5OS/c1-29-21(26-27-28-29)13-9-8-12-4-2-7-18-20(14(12)10-13)31-22(25-18)19(30)11-15-16(23)5-3-6-17(15)24/h3,5-6,8-10H,2,4,7,11H2,1H3. The maximum atomic E-state index is 14.0. The van der Waals surface area contributed by atoms with Gasteiger partial charge in [0.15, 0.2) is 16.6 Å². The average Bonchev–Trinajstić information content (AvgIpc) is 3.34. The molecule has 1 aliphatic rings. The van der Waals surface area contributed by atoms with Gasteiger partial charge in [0, 0.05) is 24.6 Å². The number of halogens is 2. The number of carbonyl (C=O) groups is 1. The third kappa shape index (κ3) is 3.54. The van der Waals surface area contributed by atoms with E-state index in [4.69, 9.17) is 0 Å². The summed E-state index contributed by atoms with van der Waals surface area (Å²) in [6.07, 6.45) is 2.19. The Kier molecular flexibility index (Phi) is 4.90. The lowest BCUT2D eigenvalue weighted by Gasteiger charge is -2.08. The molecule has 0 saturated heterocycles. The molecule has 156 valence electrons. The summed E-state index contributed by atoms with van der Waals surface area (Å²) < 4.78 is 29.6. The second-order valence-electron chi connectivity index (χ2n) is 7.45. The van der Waals surface area contributed by atoms with E-state index in [2.05, 4.69) is 26.6 Å². The minimum absolute atomic E-state index is 0.227. The monoisotopic (exact) mass is 437 g/mol. The van der Waals surface area contributed by atoms with E-state index in [9.17, 15) is 13.6 Å². The maximum absolute atomic E-state index is 14.0. The molecule has 4 aromatic rings. The van der Waals surface area contributed by atoms with Crippen LogP contribution in [0.2, 0.25) is 0 Å². The number of ketones is 1. The van der Waals surface area contributed by atoms with Crippen molar-refractivity contribution in [1.29, 1.82) is 0 Å². The van der Waals surface area contributed by atoms with Crippen molar-refractivity contribution in [1.82, 2.24) is 25.2 Å². The van der Waals surface area contributed by atoms with Crippen LogP contribution < -0.4 is 0 Å². The van der Waals surface area contributed by atoms with E-state index >= 15 is 0 Å². The lowest BCUT2D eigenvalue weighted by Crippen LogP contribution is -2.07. The molecule has 0 fully saturated rings. The minimum Gasteiger partial charge on any atom is -0.291 e. The molecule has 0 spiro atoms. The molecule has 0 atom stereocenters. The summed E-state index contributed by atoms with van der Waals surface area (Å²) in [6.45, 7) is 0. The molecule has 31 heavy (non-hydrogen) atoms. The number of hydrogen-bond donors (Lipinski definition) is 0. The SMILES string of the molecule is Cn1nnnc1-c1ccc2c(c1)-c1sc(C(=O)Cc3c(F)cccc3F)nc1CCC2. The van der Waals surface area contributed by atoms with Crippen molar-refractivity contribution in [2.75, 3.05) is 0 Å². The second-order valence-corrected chi connectivity index (χ2v) is 8.45. The first-order valence-corrected chi connectivity index (χ1v) is 10.6. The zero-order valence-electron chi connectivity index (χ0n) is 16.6. The Morgan fingerprint density at radius 1 is 1.16 bits per heavy atom. The van der Waals surface area contributed by atoms with E-state index in [-0.39, 0.29) is 17.0 Å². The highest BCUT2D eigenvalue weighted by molar-refractivity contribution is 7.17. The fourth-order valence-electron chi connectivity index (χ4n) is 3.85. The number of rotatable bonds is 4. The molecule has 0 bridgehead atoms. The van der Waals surface area contributed by atoms with Crippen LogP contribution in [0.4, 0.5) is 8.78 Å². The number of fused-ring (bicyclic) bond motifs is 3. The van der Waals surface area contributed by atoms with Crippen LogP contribution in [0.15, 0.2) is 36.4 Å². The molecule has 2 aromatic carbocycles. The summed E-state index contributed by atoms with van der Waals surface area (Å²) >= 11 is 1.28. The quantitative estimate of drug-likeness (QED) is 0.448. The first-order valence-electron chi connectivity index (χ1n) is 9.83. The molecule has 0 N–H and O–H groups in total. The summed E-state index contributed by atoms with van der Waals surface area (Å²) in [7, 11) is 1.78. The Morgan fingerprint density at radius 3 is 2.71 bits per heavy atom. The number of tetrazole rings is 1. The van der Waals surface area contributed by atoms with Crippen LogP contribution in [0.5, 0.6) is 0 Å². The molecule has 2 aromatic heterocycles. The Hall–Kier alpha value is -3.33. The van der Waals surface area contributed by atoms with Gasteiger partial charge in [0.25, 0.3) is 0 Å². The average molecular weight is 437 g/mol. The third-order valence-electron chi connectivity index (χ3n) is 5.43. The van der Waals surface area contributed by atoms with Crippen LogP contribution in [0.3, 0.4) is 0 Å².